The summed E-state index contributed by atoms with van der Waals surface area (Å²) in [5, 5.41) is 3.21. The van der Waals surface area contributed by atoms with Crippen LogP contribution in [0.15, 0.2) is 71.6 Å². The van der Waals surface area contributed by atoms with Crippen molar-refractivity contribution in [1.29, 1.82) is 0 Å². The maximum atomic E-state index is 13.7. The Morgan fingerprint density at radius 2 is 1.78 bits per heavy atom. The number of aromatic nitrogens is 1. The van der Waals surface area contributed by atoms with Crippen LogP contribution in [0.25, 0.3) is 0 Å². The summed E-state index contributed by atoms with van der Waals surface area (Å²) in [4.78, 5) is 32.9. The summed E-state index contributed by atoms with van der Waals surface area (Å²) in [5.41, 5.74) is 2.50. The first-order valence-electron chi connectivity index (χ1n) is 11.3. The summed E-state index contributed by atoms with van der Waals surface area (Å²) < 4.78 is 5.42. The number of carbonyl (C=O) groups is 2. The van der Waals surface area contributed by atoms with E-state index in [-0.39, 0.29) is 23.6 Å². The number of nitrogens with one attached hydrogen (secondary N) is 1. The second-order valence-corrected chi connectivity index (χ2v) is 8.20. The minimum atomic E-state index is -0.843. The van der Waals surface area contributed by atoms with Crippen molar-refractivity contribution in [3.05, 3.63) is 84.1 Å². The third kappa shape index (κ3) is 4.90. The predicted molar refractivity (Wildman–Crippen MR) is 123 cm³/mol. The monoisotopic (exact) mass is 431 g/mol. The molecule has 2 heterocycles. The fourth-order valence-corrected chi connectivity index (χ4v) is 4.29. The molecule has 3 aromatic rings. The molecule has 1 atom stereocenters. The lowest BCUT2D eigenvalue weighted by atomic mass is 9.94. The van der Waals surface area contributed by atoms with E-state index in [1.165, 1.54) is 17.6 Å². The maximum Gasteiger partial charge on any atom is 0.294 e. The van der Waals surface area contributed by atoms with Crippen LogP contribution in [0.1, 0.15) is 66.8 Å². The van der Waals surface area contributed by atoms with E-state index in [0.29, 0.717) is 11.3 Å². The second-order valence-electron chi connectivity index (χ2n) is 8.20. The number of nitrogens with zero attached hydrogens (tertiary/aromatic N) is 2. The van der Waals surface area contributed by atoms with Gasteiger partial charge in [-0.2, -0.15) is 0 Å². The summed E-state index contributed by atoms with van der Waals surface area (Å²) in [6.45, 7) is 2.08. The molecule has 1 N–H and O–H groups in total. The van der Waals surface area contributed by atoms with Crippen molar-refractivity contribution in [2.75, 3.05) is 4.90 Å². The Morgan fingerprint density at radius 1 is 1.06 bits per heavy atom. The summed E-state index contributed by atoms with van der Waals surface area (Å²) in [7, 11) is 0. The second kappa shape index (κ2) is 10.3. The number of hydrogen-bond acceptors (Lipinski definition) is 4. The Bertz CT molecular complexity index is 1010. The van der Waals surface area contributed by atoms with E-state index in [1.54, 1.807) is 36.7 Å². The largest absolute Gasteiger partial charge is 0.459 e. The van der Waals surface area contributed by atoms with Crippen LogP contribution in [0.3, 0.4) is 0 Å². The molecule has 32 heavy (non-hydrogen) atoms. The number of amides is 2. The maximum absolute atomic E-state index is 13.7. The molecular formula is C26H29N3O3. The molecule has 0 saturated heterocycles. The number of benzene rings is 1. The standard InChI is InChI=1S/C26H29N3O3/c1-2-19-10-12-22(13-11-19)29(26(31)23-9-6-18-32-23)24(20-14-16-27-17-15-20)25(30)28-21-7-4-3-5-8-21/h6,9-18,21,24H,2-5,7-8H2,1H3,(H,28,30)/t24-/m0/s1. The summed E-state index contributed by atoms with van der Waals surface area (Å²) >= 11 is 0. The first-order chi connectivity index (χ1) is 15.7. The van der Waals surface area contributed by atoms with E-state index in [2.05, 4.69) is 17.2 Å². The number of carbonyl (C=O) groups excluding carboxylic acids is 2. The molecule has 1 fully saturated rings. The molecule has 0 bridgehead atoms. The molecule has 1 saturated carbocycles. The molecule has 6 nitrogen and oxygen atoms in total. The lowest BCUT2D eigenvalue weighted by Crippen LogP contribution is -2.47. The molecule has 1 aliphatic carbocycles. The molecule has 166 valence electrons. The van der Waals surface area contributed by atoms with Gasteiger partial charge in [0.2, 0.25) is 5.91 Å². The lowest BCUT2D eigenvalue weighted by Gasteiger charge is -2.33. The summed E-state index contributed by atoms with van der Waals surface area (Å²) in [6, 6.07) is 13.9. The van der Waals surface area contributed by atoms with Crippen LogP contribution >= 0.6 is 0 Å². The van der Waals surface area contributed by atoms with Gasteiger partial charge >= 0.3 is 0 Å². The first-order valence-corrected chi connectivity index (χ1v) is 11.3. The van der Waals surface area contributed by atoms with Gasteiger partial charge in [-0.25, -0.2) is 0 Å². The Hall–Kier alpha value is -3.41. The summed E-state index contributed by atoms with van der Waals surface area (Å²) in [6.07, 6.45) is 11.0. The molecule has 1 aliphatic rings. The third-order valence-corrected chi connectivity index (χ3v) is 6.05. The fraction of sp³-hybridized carbons (Fsp3) is 0.346. The van der Waals surface area contributed by atoms with Crippen molar-refractivity contribution >= 4 is 17.5 Å². The number of aryl methyl sites for hydroxylation is 1. The van der Waals surface area contributed by atoms with E-state index < -0.39 is 6.04 Å². The van der Waals surface area contributed by atoms with E-state index in [9.17, 15) is 9.59 Å². The number of rotatable bonds is 7. The van der Waals surface area contributed by atoms with Gasteiger partial charge in [-0.15, -0.1) is 0 Å². The van der Waals surface area contributed by atoms with E-state index >= 15 is 0 Å². The Kier molecular flexibility index (Phi) is 7.00. The number of anilines is 1. The molecule has 6 heteroatoms. The van der Waals surface area contributed by atoms with Gasteiger partial charge < -0.3 is 9.73 Å². The van der Waals surface area contributed by atoms with Gasteiger partial charge in [-0.05, 0) is 66.8 Å². The number of pyridine rings is 1. The quantitative estimate of drug-likeness (QED) is 0.566. The normalized spacial score (nSPS) is 15.2. The average Bonchev–Trinajstić information content (AvgIpc) is 3.38. The minimum Gasteiger partial charge on any atom is -0.459 e. The van der Waals surface area contributed by atoms with Crippen molar-refractivity contribution in [3.63, 3.8) is 0 Å². The zero-order chi connectivity index (χ0) is 22.3. The third-order valence-electron chi connectivity index (χ3n) is 6.05. The van der Waals surface area contributed by atoms with Crippen LogP contribution in [0.4, 0.5) is 5.69 Å². The Balaban J connectivity index is 1.76. The molecule has 0 aliphatic heterocycles. The van der Waals surface area contributed by atoms with Crippen molar-refractivity contribution in [1.82, 2.24) is 10.3 Å². The van der Waals surface area contributed by atoms with Crippen molar-refractivity contribution in [3.8, 4) is 0 Å². The van der Waals surface area contributed by atoms with Gasteiger partial charge in [0.1, 0.15) is 6.04 Å². The molecule has 0 spiro atoms. The molecule has 0 radical (unpaired) electrons. The highest BCUT2D eigenvalue weighted by molar-refractivity contribution is 6.08. The molecular weight excluding hydrogens is 402 g/mol. The van der Waals surface area contributed by atoms with Gasteiger partial charge in [0.05, 0.1) is 6.26 Å². The van der Waals surface area contributed by atoms with Crippen molar-refractivity contribution in [2.24, 2.45) is 0 Å². The van der Waals surface area contributed by atoms with Crippen LogP contribution in [0, 0.1) is 0 Å². The fourth-order valence-electron chi connectivity index (χ4n) is 4.29. The average molecular weight is 432 g/mol. The van der Waals surface area contributed by atoms with Crippen LogP contribution in [-0.2, 0) is 11.2 Å². The van der Waals surface area contributed by atoms with E-state index in [0.717, 1.165) is 37.7 Å². The molecule has 2 amide bonds. The Labute approximate surface area is 188 Å². The van der Waals surface area contributed by atoms with Gasteiger partial charge in [0.15, 0.2) is 5.76 Å². The van der Waals surface area contributed by atoms with Crippen LogP contribution in [0.5, 0.6) is 0 Å². The van der Waals surface area contributed by atoms with Crippen LogP contribution in [-0.4, -0.2) is 22.8 Å². The lowest BCUT2D eigenvalue weighted by molar-refractivity contribution is -0.123. The molecule has 4 rings (SSSR count). The first kappa shape index (κ1) is 21.8. The van der Waals surface area contributed by atoms with Crippen LogP contribution in [0.2, 0.25) is 0 Å². The Morgan fingerprint density at radius 3 is 2.41 bits per heavy atom. The molecule has 0 unspecified atom stereocenters. The van der Waals surface area contributed by atoms with E-state index in [4.69, 9.17) is 4.42 Å². The SMILES string of the molecule is CCc1ccc(N(C(=O)c2ccco2)[C@H](C(=O)NC2CCCCC2)c2ccncc2)cc1. The van der Waals surface area contributed by atoms with Crippen molar-refractivity contribution in [2.45, 2.75) is 57.5 Å². The zero-order valence-corrected chi connectivity index (χ0v) is 18.4. The molecule has 1 aromatic carbocycles. The van der Waals surface area contributed by atoms with Gasteiger partial charge in [0.25, 0.3) is 5.91 Å². The smallest absolute Gasteiger partial charge is 0.294 e. The minimum absolute atomic E-state index is 0.128. The van der Waals surface area contributed by atoms with E-state index in [1.807, 2.05) is 24.3 Å². The predicted octanol–water partition coefficient (Wildman–Crippen LogP) is 5.07. The van der Waals surface area contributed by atoms with Crippen molar-refractivity contribution < 1.29 is 14.0 Å². The van der Waals surface area contributed by atoms with Crippen LogP contribution < -0.4 is 10.2 Å². The highest BCUT2D eigenvalue weighted by atomic mass is 16.3. The van der Waals surface area contributed by atoms with Gasteiger partial charge in [0, 0.05) is 24.1 Å². The summed E-state index contributed by atoms with van der Waals surface area (Å²) in [5.74, 6) is -0.364. The topological polar surface area (TPSA) is 75.4 Å². The number of furan rings is 1. The van der Waals surface area contributed by atoms with Gasteiger partial charge in [-0.3, -0.25) is 19.5 Å². The highest BCUT2D eigenvalue weighted by Gasteiger charge is 2.35. The highest BCUT2D eigenvalue weighted by Crippen LogP contribution is 2.31. The van der Waals surface area contributed by atoms with Gasteiger partial charge in [-0.1, -0.05) is 38.3 Å². The molecule has 2 aromatic heterocycles. The number of hydrogen-bond donors (Lipinski definition) is 1. The zero-order valence-electron chi connectivity index (χ0n) is 18.4.